The average molecular weight is 334 g/mol. The molecule has 0 heterocycles. The van der Waals surface area contributed by atoms with Gasteiger partial charge in [-0.15, -0.1) is 0 Å². The lowest BCUT2D eigenvalue weighted by atomic mass is 9.85. The molecule has 1 aliphatic rings. The molecule has 0 aromatic heterocycles. The minimum absolute atomic E-state index is 0.236. The van der Waals surface area contributed by atoms with Gasteiger partial charge in [-0.3, -0.25) is 0 Å². The number of aryl methyl sites for hydroxylation is 2. The van der Waals surface area contributed by atoms with E-state index >= 15 is 0 Å². The quantitative estimate of drug-likeness (QED) is 0.705. The molecular formula is C22H22OS. The fourth-order valence-electron chi connectivity index (χ4n) is 3.17. The summed E-state index contributed by atoms with van der Waals surface area (Å²) in [7, 11) is 0. The number of Topliss-reactive ketones (excluding diaryl/α,β-unsaturated/α-hetero) is 1. The standard InChI is InChI=1S/C22H22OS/c1-3-16-6-9-18(10-7-16)22-14-20(24)13-19-12-17(5-4-15(2)23)8-11-21(19)22/h6-12,14H,3-5,13H2,1-2H3. The number of rotatable bonds is 5. The smallest absolute Gasteiger partial charge is 0.130 e. The van der Waals surface area contributed by atoms with Crippen LogP contribution in [0.25, 0.3) is 5.57 Å². The largest absolute Gasteiger partial charge is 0.300 e. The minimum atomic E-state index is 0.236. The van der Waals surface area contributed by atoms with Crippen LogP contribution in [0.5, 0.6) is 0 Å². The highest BCUT2D eigenvalue weighted by Crippen LogP contribution is 2.32. The van der Waals surface area contributed by atoms with E-state index < -0.39 is 0 Å². The molecule has 0 bridgehead atoms. The first kappa shape index (κ1) is 16.8. The molecule has 2 aromatic carbocycles. The Balaban J connectivity index is 1.95. The molecule has 0 saturated carbocycles. The zero-order chi connectivity index (χ0) is 17.1. The summed E-state index contributed by atoms with van der Waals surface area (Å²) in [5.41, 5.74) is 7.53. The highest BCUT2D eigenvalue weighted by atomic mass is 32.1. The zero-order valence-electron chi connectivity index (χ0n) is 14.3. The van der Waals surface area contributed by atoms with Gasteiger partial charge >= 0.3 is 0 Å². The number of carbonyl (C=O) groups is 1. The van der Waals surface area contributed by atoms with Crippen LogP contribution in [0, 0.1) is 0 Å². The number of carbonyl (C=O) groups excluding carboxylic acids is 1. The lowest BCUT2D eigenvalue weighted by Crippen LogP contribution is -2.09. The van der Waals surface area contributed by atoms with Crippen molar-refractivity contribution >= 4 is 28.4 Å². The topological polar surface area (TPSA) is 17.1 Å². The van der Waals surface area contributed by atoms with Crippen molar-refractivity contribution in [1.82, 2.24) is 0 Å². The molecule has 0 atom stereocenters. The Morgan fingerprint density at radius 3 is 2.46 bits per heavy atom. The number of fused-ring (bicyclic) bond motifs is 1. The van der Waals surface area contributed by atoms with Gasteiger partial charge in [0.25, 0.3) is 0 Å². The van der Waals surface area contributed by atoms with Crippen molar-refractivity contribution in [3.63, 3.8) is 0 Å². The molecule has 1 nitrogen and oxygen atoms in total. The summed E-state index contributed by atoms with van der Waals surface area (Å²) in [5.74, 6) is 0.236. The van der Waals surface area contributed by atoms with Crippen LogP contribution in [0.2, 0.25) is 0 Å². The maximum atomic E-state index is 11.2. The van der Waals surface area contributed by atoms with Crippen molar-refractivity contribution in [2.45, 2.75) is 39.5 Å². The SMILES string of the molecule is CCc1ccc(C2=CC(=S)Cc3cc(CCC(C)=O)ccc32)cc1. The first-order valence-electron chi connectivity index (χ1n) is 8.52. The van der Waals surface area contributed by atoms with Crippen molar-refractivity contribution in [2.24, 2.45) is 0 Å². The lowest BCUT2D eigenvalue weighted by molar-refractivity contribution is -0.116. The third kappa shape index (κ3) is 3.70. The highest BCUT2D eigenvalue weighted by molar-refractivity contribution is 7.80. The minimum Gasteiger partial charge on any atom is -0.300 e. The Labute approximate surface area is 149 Å². The van der Waals surface area contributed by atoms with E-state index in [2.05, 4.69) is 55.5 Å². The van der Waals surface area contributed by atoms with Crippen LogP contribution in [0.3, 0.4) is 0 Å². The molecule has 0 radical (unpaired) electrons. The van der Waals surface area contributed by atoms with Gasteiger partial charge in [-0.2, -0.15) is 0 Å². The van der Waals surface area contributed by atoms with E-state index in [1.807, 2.05) is 0 Å². The van der Waals surface area contributed by atoms with Crippen LogP contribution in [-0.2, 0) is 24.1 Å². The Hall–Kier alpha value is -2.06. The number of ketones is 1. The Morgan fingerprint density at radius 2 is 1.79 bits per heavy atom. The van der Waals surface area contributed by atoms with Crippen molar-refractivity contribution < 1.29 is 4.79 Å². The molecule has 0 aliphatic heterocycles. The molecule has 0 N–H and O–H groups in total. The molecule has 1 aliphatic carbocycles. The summed E-state index contributed by atoms with van der Waals surface area (Å²) >= 11 is 5.53. The van der Waals surface area contributed by atoms with Gasteiger partial charge in [0.2, 0.25) is 0 Å². The Bertz CT molecular complexity index is 812. The van der Waals surface area contributed by atoms with Crippen LogP contribution in [0.1, 0.15) is 48.1 Å². The second-order valence-corrected chi connectivity index (χ2v) is 6.97. The van der Waals surface area contributed by atoms with Crippen LogP contribution >= 0.6 is 12.2 Å². The maximum Gasteiger partial charge on any atom is 0.130 e. The van der Waals surface area contributed by atoms with Gasteiger partial charge in [0.15, 0.2) is 0 Å². The second kappa shape index (κ2) is 7.23. The number of thiocarbonyl (C=S) groups is 1. The van der Waals surface area contributed by atoms with E-state index in [4.69, 9.17) is 12.2 Å². The van der Waals surface area contributed by atoms with E-state index in [1.165, 1.54) is 33.4 Å². The van der Waals surface area contributed by atoms with E-state index in [0.717, 1.165) is 24.1 Å². The lowest BCUT2D eigenvalue weighted by Gasteiger charge is -2.20. The van der Waals surface area contributed by atoms with Gasteiger partial charge in [0, 0.05) is 17.7 Å². The number of allylic oxidation sites excluding steroid dienone is 1. The summed E-state index contributed by atoms with van der Waals surface area (Å²) in [6.07, 6.45) is 5.40. The van der Waals surface area contributed by atoms with Crippen molar-refractivity contribution in [3.8, 4) is 0 Å². The normalized spacial score (nSPS) is 13.4. The molecule has 3 rings (SSSR count). The molecule has 0 amide bonds. The number of hydrogen-bond acceptors (Lipinski definition) is 2. The van der Waals surface area contributed by atoms with Gasteiger partial charge in [-0.25, -0.2) is 0 Å². The van der Waals surface area contributed by atoms with Gasteiger partial charge in [0.1, 0.15) is 5.78 Å². The van der Waals surface area contributed by atoms with Crippen molar-refractivity contribution in [2.75, 3.05) is 0 Å². The van der Waals surface area contributed by atoms with Crippen LogP contribution in [0.4, 0.5) is 0 Å². The first-order chi connectivity index (χ1) is 11.6. The number of benzene rings is 2. The van der Waals surface area contributed by atoms with Crippen molar-refractivity contribution in [3.05, 3.63) is 76.4 Å². The summed E-state index contributed by atoms with van der Waals surface area (Å²) in [4.78, 5) is 12.2. The van der Waals surface area contributed by atoms with E-state index in [1.54, 1.807) is 6.92 Å². The van der Waals surface area contributed by atoms with Crippen LogP contribution < -0.4 is 0 Å². The molecule has 122 valence electrons. The van der Waals surface area contributed by atoms with E-state index in [9.17, 15) is 4.79 Å². The van der Waals surface area contributed by atoms with E-state index in [-0.39, 0.29) is 5.78 Å². The number of hydrogen-bond donors (Lipinski definition) is 0. The van der Waals surface area contributed by atoms with Crippen LogP contribution in [-0.4, -0.2) is 10.6 Å². The molecule has 0 fully saturated rings. The third-order valence-corrected chi connectivity index (χ3v) is 4.83. The average Bonchev–Trinajstić information content (AvgIpc) is 2.59. The monoisotopic (exact) mass is 334 g/mol. The van der Waals surface area contributed by atoms with Gasteiger partial charge in [-0.1, -0.05) is 61.6 Å². The summed E-state index contributed by atoms with van der Waals surface area (Å²) in [6.45, 7) is 3.82. The molecule has 2 aromatic rings. The van der Waals surface area contributed by atoms with Gasteiger partial charge in [-0.05, 0) is 59.2 Å². The Morgan fingerprint density at radius 1 is 1.08 bits per heavy atom. The third-order valence-electron chi connectivity index (χ3n) is 4.57. The fraction of sp³-hybridized carbons (Fsp3) is 0.273. The van der Waals surface area contributed by atoms with Crippen molar-refractivity contribution in [1.29, 1.82) is 0 Å². The van der Waals surface area contributed by atoms with Gasteiger partial charge in [0.05, 0.1) is 0 Å². The fourth-order valence-corrected chi connectivity index (χ4v) is 3.44. The maximum absolute atomic E-state index is 11.2. The zero-order valence-corrected chi connectivity index (χ0v) is 15.1. The second-order valence-electron chi connectivity index (χ2n) is 6.45. The predicted molar refractivity (Wildman–Crippen MR) is 105 cm³/mol. The summed E-state index contributed by atoms with van der Waals surface area (Å²) in [5, 5.41) is 0. The first-order valence-corrected chi connectivity index (χ1v) is 8.93. The molecule has 2 heteroatoms. The molecular weight excluding hydrogens is 312 g/mol. The molecule has 24 heavy (non-hydrogen) atoms. The summed E-state index contributed by atoms with van der Waals surface area (Å²) < 4.78 is 0. The molecule has 0 spiro atoms. The predicted octanol–water partition coefficient (Wildman–Crippen LogP) is 5.13. The summed E-state index contributed by atoms with van der Waals surface area (Å²) in [6, 6.07) is 15.3. The molecule has 0 saturated heterocycles. The van der Waals surface area contributed by atoms with Crippen LogP contribution in [0.15, 0.2) is 48.5 Å². The van der Waals surface area contributed by atoms with Gasteiger partial charge < -0.3 is 4.79 Å². The highest BCUT2D eigenvalue weighted by Gasteiger charge is 2.17. The van der Waals surface area contributed by atoms with E-state index in [0.29, 0.717) is 6.42 Å². The Kier molecular flexibility index (Phi) is 5.06. The molecule has 0 unspecified atom stereocenters.